The second-order valence-corrected chi connectivity index (χ2v) is 7.82. The highest BCUT2D eigenvalue weighted by Crippen LogP contribution is 2.27. The molecule has 1 N–H and O–H groups in total. The number of hydrogen-bond donors (Lipinski definition) is 1. The number of morpholine rings is 1. The number of rotatable bonds is 3. The quantitative estimate of drug-likeness (QED) is 0.798. The van der Waals surface area contributed by atoms with Gasteiger partial charge in [-0.2, -0.15) is 17.0 Å². The number of piperidine rings is 1. The van der Waals surface area contributed by atoms with Crippen LogP contribution in [-0.4, -0.2) is 67.1 Å². The second-order valence-electron chi connectivity index (χ2n) is 5.97. The first-order valence-electron chi connectivity index (χ1n) is 6.84. The van der Waals surface area contributed by atoms with Gasteiger partial charge in [0.1, 0.15) is 0 Å². The van der Waals surface area contributed by atoms with E-state index in [0.717, 1.165) is 12.8 Å². The second kappa shape index (κ2) is 5.65. The maximum absolute atomic E-state index is 12.7. The van der Waals surface area contributed by atoms with Gasteiger partial charge in [-0.25, -0.2) is 0 Å². The third-order valence-corrected chi connectivity index (χ3v) is 6.26. The van der Waals surface area contributed by atoms with Crippen LogP contribution in [0.2, 0.25) is 0 Å². The van der Waals surface area contributed by atoms with Crippen LogP contribution >= 0.6 is 0 Å². The number of aliphatic hydroxyl groups is 1. The van der Waals surface area contributed by atoms with Crippen LogP contribution in [0.3, 0.4) is 0 Å². The van der Waals surface area contributed by atoms with Crippen LogP contribution < -0.4 is 0 Å². The normalized spacial score (nSPS) is 27.5. The molecule has 0 aromatic carbocycles. The summed E-state index contributed by atoms with van der Waals surface area (Å²) in [6, 6.07) is 0. The molecule has 19 heavy (non-hydrogen) atoms. The standard InChI is InChI=1S/C12H24N2O4S/c1-12(2)10-18-8-7-14(12)19(16,17)13-5-3-11(9-15)4-6-13/h11,15H,3-10H2,1-2H3. The topological polar surface area (TPSA) is 70.1 Å². The van der Waals surface area contributed by atoms with Crippen molar-refractivity contribution in [2.24, 2.45) is 5.92 Å². The molecule has 0 bridgehead atoms. The summed E-state index contributed by atoms with van der Waals surface area (Å²) >= 11 is 0. The van der Waals surface area contributed by atoms with E-state index in [4.69, 9.17) is 9.84 Å². The van der Waals surface area contributed by atoms with E-state index in [1.165, 1.54) is 0 Å². The number of hydrogen-bond acceptors (Lipinski definition) is 4. The maximum Gasteiger partial charge on any atom is 0.282 e. The fourth-order valence-electron chi connectivity index (χ4n) is 2.73. The van der Waals surface area contributed by atoms with E-state index in [0.29, 0.717) is 32.8 Å². The van der Waals surface area contributed by atoms with E-state index < -0.39 is 15.7 Å². The minimum atomic E-state index is -3.42. The van der Waals surface area contributed by atoms with Crippen molar-refractivity contribution in [3.8, 4) is 0 Å². The zero-order valence-corrected chi connectivity index (χ0v) is 12.5. The van der Waals surface area contributed by atoms with Gasteiger partial charge in [-0.05, 0) is 32.6 Å². The number of nitrogens with zero attached hydrogens (tertiary/aromatic N) is 2. The first-order valence-corrected chi connectivity index (χ1v) is 8.24. The van der Waals surface area contributed by atoms with Crippen molar-refractivity contribution in [1.29, 1.82) is 0 Å². The molecule has 2 saturated heterocycles. The van der Waals surface area contributed by atoms with Crippen LogP contribution in [-0.2, 0) is 14.9 Å². The van der Waals surface area contributed by atoms with Gasteiger partial charge in [0, 0.05) is 26.2 Å². The maximum atomic E-state index is 12.7. The average Bonchev–Trinajstić information content (AvgIpc) is 2.38. The van der Waals surface area contributed by atoms with Crippen LogP contribution in [0.4, 0.5) is 0 Å². The highest BCUT2D eigenvalue weighted by atomic mass is 32.2. The van der Waals surface area contributed by atoms with Crippen molar-refractivity contribution in [3.05, 3.63) is 0 Å². The minimum Gasteiger partial charge on any atom is -0.396 e. The van der Waals surface area contributed by atoms with Crippen molar-refractivity contribution in [1.82, 2.24) is 8.61 Å². The molecule has 2 aliphatic rings. The third kappa shape index (κ3) is 3.11. The highest BCUT2D eigenvalue weighted by molar-refractivity contribution is 7.86. The summed E-state index contributed by atoms with van der Waals surface area (Å²) in [6.07, 6.45) is 1.47. The number of ether oxygens (including phenoxy) is 1. The van der Waals surface area contributed by atoms with Crippen LogP contribution in [0.5, 0.6) is 0 Å². The molecule has 0 radical (unpaired) electrons. The zero-order valence-electron chi connectivity index (χ0n) is 11.7. The third-order valence-electron chi connectivity index (χ3n) is 4.01. The van der Waals surface area contributed by atoms with Gasteiger partial charge in [0.15, 0.2) is 0 Å². The fourth-order valence-corrected chi connectivity index (χ4v) is 4.67. The predicted molar refractivity (Wildman–Crippen MR) is 71.9 cm³/mol. The average molecular weight is 292 g/mol. The van der Waals surface area contributed by atoms with Crippen molar-refractivity contribution >= 4 is 10.2 Å². The summed E-state index contributed by atoms with van der Waals surface area (Å²) < 4.78 is 33.9. The van der Waals surface area contributed by atoms with Gasteiger partial charge in [0.2, 0.25) is 0 Å². The summed E-state index contributed by atoms with van der Waals surface area (Å²) in [5.41, 5.74) is -0.495. The van der Waals surface area contributed by atoms with Gasteiger partial charge in [0.25, 0.3) is 10.2 Å². The van der Waals surface area contributed by atoms with Gasteiger partial charge in [-0.15, -0.1) is 0 Å². The Balaban J connectivity index is 2.09. The van der Waals surface area contributed by atoms with Crippen LogP contribution in [0.25, 0.3) is 0 Å². The summed E-state index contributed by atoms with van der Waals surface area (Å²) in [6.45, 7) is 6.23. The molecule has 0 unspecified atom stereocenters. The van der Waals surface area contributed by atoms with Gasteiger partial charge in [-0.1, -0.05) is 0 Å². The Kier molecular flexibility index (Phi) is 4.52. The van der Waals surface area contributed by atoms with Crippen LogP contribution in [0, 0.1) is 5.92 Å². The van der Waals surface area contributed by atoms with E-state index in [2.05, 4.69) is 0 Å². The Morgan fingerprint density at radius 2 is 1.89 bits per heavy atom. The molecular formula is C12H24N2O4S. The first-order chi connectivity index (χ1) is 8.88. The molecule has 0 aromatic heterocycles. The Morgan fingerprint density at radius 1 is 1.26 bits per heavy atom. The number of aliphatic hydroxyl groups excluding tert-OH is 1. The molecule has 0 aliphatic carbocycles. The van der Waals surface area contributed by atoms with Crippen molar-refractivity contribution < 1.29 is 18.3 Å². The van der Waals surface area contributed by atoms with E-state index in [9.17, 15) is 8.42 Å². The molecule has 0 aromatic rings. The predicted octanol–water partition coefficient (Wildman–Crippen LogP) is 0.0463. The molecule has 0 spiro atoms. The van der Waals surface area contributed by atoms with Gasteiger partial charge in [-0.3, -0.25) is 0 Å². The van der Waals surface area contributed by atoms with E-state index >= 15 is 0 Å². The Morgan fingerprint density at radius 3 is 2.42 bits per heavy atom. The monoisotopic (exact) mass is 292 g/mol. The van der Waals surface area contributed by atoms with E-state index in [1.807, 2.05) is 13.8 Å². The van der Waals surface area contributed by atoms with E-state index in [1.54, 1.807) is 8.61 Å². The lowest BCUT2D eigenvalue weighted by molar-refractivity contribution is -0.0112. The van der Waals surface area contributed by atoms with Crippen LogP contribution in [0.15, 0.2) is 0 Å². The van der Waals surface area contributed by atoms with E-state index in [-0.39, 0.29) is 12.5 Å². The molecule has 2 fully saturated rings. The van der Waals surface area contributed by atoms with Crippen molar-refractivity contribution in [3.63, 3.8) is 0 Å². The minimum absolute atomic E-state index is 0.150. The summed E-state index contributed by atoms with van der Waals surface area (Å²) in [7, 11) is -3.42. The summed E-state index contributed by atoms with van der Waals surface area (Å²) in [5.74, 6) is 0.240. The molecule has 2 aliphatic heterocycles. The molecule has 112 valence electrons. The molecular weight excluding hydrogens is 268 g/mol. The Hall–Kier alpha value is -0.210. The Labute approximate surface area is 115 Å². The molecule has 2 heterocycles. The van der Waals surface area contributed by atoms with Crippen molar-refractivity contribution in [2.45, 2.75) is 32.2 Å². The lowest BCUT2D eigenvalue weighted by atomic mass is 10.00. The SMILES string of the molecule is CC1(C)COCCN1S(=O)(=O)N1CCC(CO)CC1. The van der Waals surface area contributed by atoms with Gasteiger partial charge < -0.3 is 9.84 Å². The highest BCUT2D eigenvalue weighted by Gasteiger charge is 2.42. The summed E-state index contributed by atoms with van der Waals surface area (Å²) in [5, 5.41) is 9.12. The fraction of sp³-hybridized carbons (Fsp3) is 1.00. The van der Waals surface area contributed by atoms with Crippen LogP contribution in [0.1, 0.15) is 26.7 Å². The molecule has 0 saturated carbocycles. The van der Waals surface area contributed by atoms with Gasteiger partial charge >= 0.3 is 0 Å². The Bertz CT molecular complexity index is 402. The molecule has 0 atom stereocenters. The molecule has 0 amide bonds. The molecule has 2 rings (SSSR count). The zero-order chi connectivity index (χ0) is 14.1. The lowest BCUT2D eigenvalue weighted by Gasteiger charge is -2.44. The molecule has 7 heteroatoms. The summed E-state index contributed by atoms with van der Waals surface area (Å²) in [4.78, 5) is 0. The van der Waals surface area contributed by atoms with Gasteiger partial charge in [0.05, 0.1) is 18.8 Å². The smallest absolute Gasteiger partial charge is 0.282 e. The first kappa shape index (κ1) is 15.2. The van der Waals surface area contributed by atoms with Crippen molar-refractivity contribution in [2.75, 3.05) is 39.5 Å². The largest absolute Gasteiger partial charge is 0.396 e. The molecule has 6 nitrogen and oxygen atoms in total. The lowest BCUT2D eigenvalue weighted by Crippen LogP contribution is -2.60.